The van der Waals surface area contributed by atoms with E-state index in [4.69, 9.17) is 16.3 Å². The molecular weight excluding hydrogens is 398 g/mol. The van der Waals surface area contributed by atoms with Crippen molar-refractivity contribution >= 4 is 41.0 Å². The van der Waals surface area contributed by atoms with E-state index in [0.29, 0.717) is 16.3 Å². The van der Waals surface area contributed by atoms with Crippen molar-refractivity contribution in [1.29, 1.82) is 0 Å². The van der Waals surface area contributed by atoms with Gasteiger partial charge >= 0.3 is 5.97 Å². The number of para-hydroxylation sites is 1. The lowest BCUT2D eigenvalue weighted by atomic mass is 10.2. The van der Waals surface area contributed by atoms with E-state index in [-0.39, 0.29) is 25.2 Å². The molecule has 0 heterocycles. The van der Waals surface area contributed by atoms with Gasteiger partial charge in [-0.3, -0.25) is 30.0 Å². The maximum absolute atomic E-state index is 11.8. The number of esters is 1. The fourth-order valence-corrected chi connectivity index (χ4v) is 2.32. The molecule has 3 amide bonds. The summed E-state index contributed by atoms with van der Waals surface area (Å²) in [7, 11) is 0. The van der Waals surface area contributed by atoms with E-state index in [1.54, 1.807) is 36.4 Å². The molecule has 0 bridgehead atoms. The van der Waals surface area contributed by atoms with E-state index in [0.717, 1.165) is 0 Å². The van der Waals surface area contributed by atoms with Crippen molar-refractivity contribution in [3.63, 3.8) is 0 Å². The zero-order valence-corrected chi connectivity index (χ0v) is 16.2. The summed E-state index contributed by atoms with van der Waals surface area (Å²) in [5.41, 5.74) is 5.32. The third-order valence-electron chi connectivity index (χ3n) is 3.63. The average Bonchev–Trinajstić information content (AvgIpc) is 2.71. The molecule has 2 aromatic rings. The van der Waals surface area contributed by atoms with Gasteiger partial charge in [-0.15, -0.1) is 0 Å². The van der Waals surface area contributed by atoms with E-state index in [2.05, 4.69) is 16.2 Å². The van der Waals surface area contributed by atoms with Crippen molar-refractivity contribution in [2.75, 3.05) is 11.9 Å². The van der Waals surface area contributed by atoms with Gasteiger partial charge < -0.3 is 10.1 Å². The number of hydrogen-bond acceptors (Lipinski definition) is 5. The van der Waals surface area contributed by atoms with E-state index < -0.39 is 24.4 Å². The van der Waals surface area contributed by atoms with E-state index in [9.17, 15) is 19.2 Å². The summed E-state index contributed by atoms with van der Waals surface area (Å²) >= 11 is 5.73. The van der Waals surface area contributed by atoms with Crippen LogP contribution in [0.1, 0.15) is 29.6 Å². The Labute approximate surface area is 172 Å². The topological polar surface area (TPSA) is 114 Å². The normalized spacial score (nSPS) is 9.97. The Kier molecular flexibility index (Phi) is 8.65. The highest BCUT2D eigenvalue weighted by molar-refractivity contribution is 6.30. The van der Waals surface area contributed by atoms with Crippen molar-refractivity contribution < 1.29 is 23.9 Å². The molecule has 0 spiro atoms. The molecule has 0 aliphatic rings. The molecule has 0 aliphatic heterocycles. The number of halogens is 1. The van der Waals surface area contributed by atoms with Gasteiger partial charge in [0, 0.05) is 29.1 Å². The summed E-state index contributed by atoms with van der Waals surface area (Å²) in [5, 5.41) is 3.19. The number of anilines is 1. The monoisotopic (exact) mass is 417 g/mol. The Bertz CT molecular complexity index is 856. The van der Waals surface area contributed by atoms with Crippen LogP contribution in [0.2, 0.25) is 5.02 Å². The fourth-order valence-electron chi connectivity index (χ4n) is 2.19. The van der Waals surface area contributed by atoms with E-state index in [1.165, 1.54) is 12.1 Å². The van der Waals surface area contributed by atoms with Gasteiger partial charge in [0.25, 0.3) is 11.8 Å². The average molecular weight is 418 g/mol. The van der Waals surface area contributed by atoms with E-state index in [1.807, 2.05) is 6.07 Å². The summed E-state index contributed by atoms with van der Waals surface area (Å²) < 4.78 is 4.81. The Morgan fingerprint density at radius 3 is 2.21 bits per heavy atom. The molecule has 0 radical (unpaired) electrons. The van der Waals surface area contributed by atoms with E-state index >= 15 is 0 Å². The number of benzene rings is 2. The lowest BCUT2D eigenvalue weighted by Crippen LogP contribution is -2.43. The summed E-state index contributed by atoms with van der Waals surface area (Å²) in [4.78, 5) is 46.9. The summed E-state index contributed by atoms with van der Waals surface area (Å²) in [5.74, 6) is -2.06. The van der Waals surface area contributed by atoms with Crippen LogP contribution in [-0.2, 0) is 19.1 Å². The van der Waals surface area contributed by atoms with Crippen LogP contribution in [0.25, 0.3) is 0 Å². The molecular formula is C20H20ClN3O5. The number of nitrogens with one attached hydrogen (secondary N) is 3. The first-order valence-corrected chi connectivity index (χ1v) is 9.17. The largest absolute Gasteiger partial charge is 0.455 e. The predicted octanol–water partition coefficient (Wildman–Crippen LogP) is 2.45. The van der Waals surface area contributed by atoms with Gasteiger partial charge in [-0.1, -0.05) is 29.8 Å². The van der Waals surface area contributed by atoms with Gasteiger partial charge in [-0.25, -0.2) is 0 Å². The lowest BCUT2D eigenvalue weighted by molar-refractivity contribution is -0.148. The zero-order chi connectivity index (χ0) is 21.1. The van der Waals surface area contributed by atoms with Crippen LogP contribution < -0.4 is 16.2 Å². The number of rotatable bonds is 8. The van der Waals surface area contributed by atoms with Crippen molar-refractivity contribution in [2.45, 2.75) is 19.3 Å². The minimum Gasteiger partial charge on any atom is -0.455 e. The first-order valence-electron chi connectivity index (χ1n) is 8.79. The molecule has 9 heteroatoms. The first-order chi connectivity index (χ1) is 13.9. The van der Waals surface area contributed by atoms with Crippen molar-refractivity contribution in [1.82, 2.24) is 10.9 Å². The highest BCUT2D eigenvalue weighted by atomic mass is 35.5. The van der Waals surface area contributed by atoms with Gasteiger partial charge in [-0.05, 0) is 42.8 Å². The molecule has 0 saturated heterocycles. The minimum atomic E-state index is -0.692. The second-order valence-corrected chi connectivity index (χ2v) is 6.37. The first kappa shape index (κ1) is 21.9. The third kappa shape index (κ3) is 8.44. The van der Waals surface area contributed by atoms with Crippen LogP contribution in [0.4, 0.5) is 5.69 Å². The Morgan fingerprint density at radius 1 is 0.828 bits per heavy atom. The zero-order valence-electron chi connectivity index (χ0n) is 15.4. The second kappa shape index (κ2) is 11.5. The Hall–Kier alpha value is -3.39. The van der Waals surface area contributed by atoms with Crippen LogP contribution in [0.5, 0.6) is 0 Å². The molecule has 3 N–H and O–H groups in total. The molecule has 0 unspecified atom stereocenters. The molecule has 2 rings (SSSR count). The predicted molar refractivity (Wildman–Crippen MR) is 107 cm³/mol. The number of amides is 3. The maximum Gasteiger partial charge on any atom is 0.306 e. The van der Waals surface area contributed by atoms with Gasteiger partial charge in [0.1, 0.15) is 0 Å². The van der Waals surface area contributed by atoms with Crippen LogP contribution in [0, 0.1) is 0 Å². The summed E-state index contributed by atoms with van der Waals surface area (Å²) in [6.45, 7) is -0.546. The number of hydrazine groups is 1. The van der Waals surface area contributed by atoms with Gasteiger partial charge in [0.2, 0.25) is 5.91 Å². The number of carbonyl (C=O) groups is 4. The molecule has 29 heavy (non-hydrogen) atoms. The fraction of sp³-hybridized carbons (Fsp3) is 0.200. The molecule has 0 fully saturated rings. The van der Waals surface area contributed by atoms with Crippen LogP contribution in [0.3, 0.4) is 0 Å². The highest BCUT2D eigenvalue weighted by Crippen LogP contribution is 2.09. The molecule has 0 atom stereocenters. The molecule has 2 aromatic carbocycles. The second-order valence-electron chi connectivity index (χ2n) is 5.94. The van der Waals surface area contributed by atoms with Crippen LogP contribution >= 0.6 is 11.6 Å². The minimum absolute atomic E-state index is 0.00732. The number of carbonyl (C=O) groups excluding carboxylic acids is 4. The van der Waals surface area contributed by atoms with Crippen LogP contribution in [-0.4, -0.2) is 30.3 Å². The smallest absolute Gasteiger partial charge is 0.306 e. The van der Waals surface area contributed by atoms with Crippen molar-refractivity contribution in [3.05, 3.63) is 65.2 Å². The number of hydrogen-bond donors (Lipinski definition) is 3. The maximum atomic E-state index is 11.8. The van der Waals surface area contributed by atoms with Gasteiger partial charge in [0.05, 0.1) is 0 Å². The number of ether oxygens (including phenoxy) is 1. The van der Waals surface area contributed by atoms with Gasteiger partial charge in [0.15, 0.2) is 6.61 Å². The molecule has 8 nitrogen and oxygen atoms in total. The summed E-state index contributed by atoms with van der Waals surface area (Å²) in [6, 6.07) is 15.0. The lowest BCUT2D eigenvalue weighted by Gasteiger charge is -2.08. The third-order valence-corrected chi connectivity index (χ3v) is 3.88. The Balaban J connectivity index is 1.58. The SMILES string of the molecule is O=C(COC(=O)CCCC(=O)Nc1ccccc1)NNC(=O)c1ccc(Cl)cc1. The quantitative estimate of drug-likeness (QED) is 0.451. The van der Waals surface area contributed by atoms with Gasteiger partial charge in [-0.2, -0.15) is 0 Å². The van der Waals surface area contributed by atoms with Crippen LogP contribution in [0.15, 0.2) is 54.6 Å². The molecule has 152 valence electrons. The summed E-state index contributed by atoms with van der Waals surface area (Å²) in [6.07, 6.45) is 0.423. The molecule has 0 aromatic heterocycles. The molecule has 0 aliphatic carbocycles. The standard InChI is InChI=1S/C20H20ClN3O5/c21-15-11-9-14(10-12-15)20(28)24-23-18(26)13-29-19(27)8-4-7-17(25)22-16-5-2-1-3-6-16/h1-3,5-6,9-12H,4,7-8,13H2,(H,22,25)(H,23,26)(H,24,28). The molecule has 0 saturated carbocycles. The van der Waals surface area contributed by atoms with Crippen molar-refractivity contribution in [2.24, 2.45) is 0 Å². The van der Waals surface area contributed by atoms with Crippen molar-refractivity contribution in [3.8, 4) is 0 Å². The highest BCUT2D eigenvalue weighted by Gasteiger charge is 2.11. The Morgan fingerprint density at radius 2 is 1.52 bits per heavy atom.